The van der Waals surface area contributed by atoms with Crippen molar-refractivity contribution in [3.8, 4) is 0 Å². The largest absolute Gasteiger partial charge is 0.303 e. The Balaban J connectivity index is 2.87. The van der Waals surface area contributed by atoms with Crippen LogP contribution in [0, 0.1) is 6.92 Å². The van der Waals surface area contributed by atoms with Crippen molar-refractivity contribution in [2.45, 2.75) is 18.2 Å². The summed E-state index contributed by atoms with van der Waals surface area (Å²) in [5.74, 6) is 0. The molecule has 0 aliphatic heterocycles. The predicted octanol–water partition coefficient (Wildman–Crippen LogP) is 0.862. The predicted molar refractivity (Wildman–Crippen MR) is 57.0 cm³/mol. The molecular weight excluding hydrogens is 214 g/mol. The lowest BCUT2D eigenvalue weighted by Gasteiger charge is -2.07. The van der Waals surface area contributed by atoms with Crippen molar-refractivity contribution >= 4 is 16.3 Å². The Hall–Kier alpha value is -1.20. The van der Waals surface area contributed by atoms with Crippen molar-refractivity contribution in [2.75, 3.05) is 6.54 Å². The standard InChI is InChI=1S/C10H13NO3S/c1-9-5-2-3-6-10(9)15(13,14)11-7-4-8-12/h2-3,5-6,8,11H,4,7H2,1H3. The van der Waals surface area contributed by atoms with Gasteiger partial charge in [-0.05, 0) is 18.6 Å². The fourth-order valence-electron chi connectivity index (χ4n) is 1.19. The summed E-state index contributed by atoms with van der Waals surface area (Å²) in [6.07, 6.45) is 0.867. The summed E-state index contributed by atoms with van der Waals surface area (Å²) in [6.45, 7) is 1.87. The monoisotopic (exact) mass is 227 g/mol. The highest BCUT2D eigenvalue weighted by Gasteiger charge is 2.14. The molecule has 1 aromatic carbocycles. The van der Waals surface area contributed by atoms with Crippen molar-refractivity contribution in [1.29, 1.82) is 0 Å². The quantitative estimate of drug-likeness (QED) is 0.599. The first-order chi connectivity index (χ1) is 7.08. The van der Waals surface area contributed by atoms with E-state index in [0.717, 1.165) is 0 Å². The highest BCUT2D eigenvalue weighted by molar-refractivity contribution is 7.89. The van der Waals surface area contributed by atoms with Crippen LogP contribution < -0.4 is 4.72 Å². The maximum absolute atomic E-state index is 11.7. The van der Waals surface area contributed by atoms with E-state index in [2.05, 4.69) is 4.72 Å². The third kappa shape index (κ3) is 3.14. The average molecular weight is 227 g/mol. The molecule has 0 aliphatic rings. The molecule has 0 radical (unpaired) electrons. The zero-order valence-electron chi connectivity index (χ0n) is 8.43. The van der Waals surface area contributed by atoms with Crippen LogP contribution in [-0.2, 0) is 14.8 Å². The third-order valence-corrected chi connectivity index (χ3v) is 3.56. The van der Waals surface area contributed by atoms with E-state index in [1.807, 2.05) is 0 Å². The lowest BCUT2D eigenvalue weighted by molar-refractivity contribution is -0.107. The summed E-state index contributed by atoms with van der Waals surface area (Å²) in [7, 11) is -3.47. The minimum absolute atomic E-state index is 0.139. The second-order valence-corrected chi connectivity index (χ2v) is 4.85. The smallest absolute Gasteiger partial charge is 0.240 e. The number of nitrogens with one attached hydrogen (secondary N) is 1. The third-order valence-electron chi connectivity index (χ3n) is 1.94. The van der Waals surface area contributed by atoms with Crippen LogP contribution in [0.15, 0.2) is 29.2 Å². The van der Waals surface area contributed by atoms with Crippen LogP contribution in [0.3, 0.4) is 0 Å². The molecule has 0 aliphatic carbocycles. The Labute approximate surface area is 89.4 Å². The first-order valence-corrected chi connectivity index (χ1v) is 6.05. The summed E-state index contributed by atoms with van der Waals surface area (Å²) < 4.78 is 25.8. The van der Waals surface area contributed by atoms with Gasteiger partial charge in [0.25, 0.3) is 0 Å². The van der Waals surface area contributed by atoms with Crippen LogP contribution in [0.4, 0.5) is 0 Å². The number of carbonyl (C=O) groups is 1. The molecule has 1 rings (SSSR count). The van der Waals surface area contributed by atoms with E-state index < -0.39 is 10.0 Å². The second-order valence-electron chi connectivity index (χ2n) is 3.12. The van der Waals surface area contributed by atoms with Gasteiger partial charge in [-0.15, -0.1) is 0 Å². The van der Waals surface area contributed by atoms with Crippen molar-refractivity contribution in [1.82, 2.24) is 4.72 Å². The molecule has 0 saturated carbocycles. The number of rotatable bonds is 5. The van der Waals surface area contributed by atoms with E-state index >= 15 is 0 Å². The SMILES string of the molecule is Cc1ccccc1S(=O)(=O)NCCC=O. The van der Waals surface area contributed by atoms with Gasteiger partial charge in [-0.1, -0.05) is 18.2 Å². The minimum atomic E-state index is -3.47. The van der Waals surface area contributed by atoms with Crippen LogP contribution in [0.25, 0.3) is 0 Å². The molecule has 0 saturated heterocycles. The molecule has 82 valence electrons. The Morgan fingerprint density at radius 1 is 1.33 bits per heavy atom. The molecule has 0 amide bonds. The van der Waals surface area contributed by atoms with E-state index in [1.165, 1.54) is 0 Å². The fourth-order valence-corrected chi connectivity index (χ4v) is 2.48. The topological polar surface area (TPSA) is 63.2 Å². The molecule has 0 atom stereocenters. The van der Waals surface area contributed by atoms with Crippen molar-refractivity contribution in [3.05, 3.63) is 29.8 Å². The molecule has 1 aromatic rings. The summed E-state index contributed by atoms with van der Waals surface area (Å²) >= 11 is 0. The normalized spacial score (nSPS) is 11.3. The summed E-state index contributed by atoms with van der Waals surface area (Å²) in [5.41, 5.74) is 0.691. The Kier molecular flexibility index (Phi) is 3.99. The molecule has 4 nitrogen and oxygen atoms in total. The van der Waals surface area contributed by atoms with Crippen LogP contribution in [0.2, 0.25) is 0 Å². The first kappa shape index (κ1) is 11.9. The maximum atomic E-state index is 11.7. The number of aldehydes is 1. The van der Waals surface area contributed by atoms with Gasteiger partial charge in [0.05, 0.1) is 4.90 Å². The Morgan fingerprint density at radius 3 is 2.60 bits per heavy atom. The van der Waals surface area contributed by atoms with Crippen molar-refractivity contribution in [2.24, 2.45) is 0 Å². The van der Waals surface area contributed by atoms with Gasteiger partial charge in [-0.3, -0.25) is 0 Å². The molecule has 0 unspecified atom stereocenters. The van der Waals surface area contributed by atoms with E-state index in [-0.39, 0.29) is 17.9 Å². The van der Waals surface area contributed by atoms with Gasteiger partial charge in [0.15, 0.2) is 0 Å². The van der Waals surface area contributed by atoms with E-state index in [4.69, 9.17) is 0 Å². The van der Waals surface area contributed by atoms with Crippen LogP contribution in [-0.4, -0.2) is 21.2 Å². The molecule has 0 heterocycles. The number of hydrogen-bond donors (Lipinski definition) is 1. The van der Waals surface area contributed by atoms with Crippen molar-refractivity contribution in [3.63, 3.8) is 0 Å². The Morgan fingerprint density at radius 2 is 2.00 bits per heavy atom. The molecule has 0 bridgehead atoms. The molecule has 1 N–H and O–H groups in total. The van der Waals surface area contributed by atoms with Gasteiger partial charge >= 0.3 is 0 Å². The molecule has 5 heteroatoms. The number of carbonyl (C=O) groups excluding carboxylic acids is 1. The molecule has 15 heavy (non-hydrogen) atoms. The molecule has 0 fully saturated rings. The van der Waals surface area contributed by atoms with Crippen LogP contribution in [0.1, 0.15) is 12.0 Å². The lowest BCUT2D eigenvalue weighted by atomic mass is 10.2. The number of sulfonamides is 1. The van der Waals surface area contributed by atoms with Gasteiger partial charge in [0.2, 0.25) is 10.0 Å². The molecular formula is C10H13NO3S. The highest BCUT2D eigenvalue weighted by atomic mass is 32.2. The van der Waals surface area contributed by atoms with Gasteiger partial charge < -0.3 is 4.79 Å². The number of benzene rings is 1. The van der Waals surface area contributed by atoms with E-state index in [1.54, 1.807) is 31.2 Å². The molecule has 0 spiro atoms. The lowest BCUT2D eigenvalue weighted by Crippen LogP contribution is -2.25. The molecule has 0 aromatic heterocycles. The summed E-state index contributed by atoms with van der Waals surface area (Å²) in [6, 6.07) is 6.72. The van der Waals surface area contributed by atoms with Crippen LogP contribution >= 0.6 is 0 Å². The zero-order valence-corrected chi connectivity index (χ0v) is 9.25. The highest BCUT2D eigenvalue weighted by Crippen LogP contribution is 2.13. The average Bonchev–Trinajstić information content (AvgIpc) is 2.18. The maximum Gasteiger partial charge on any atom is 0.240 e. The van der Waals surface area contributed by atoms with Crippen molar-refractivity contribution < 1.29 is 13.2 Å². The van der Waals surface area contributed by atoms with Crippen LogP contribution in [0.5, 0.6) is 0 Å². The van der Waals surface area contributed by atoms with E-state index in [9.17, 15) is 13.2 Å². The Bertz CT molecular complexity index is 440. The van der Waals surface area contributed by atoms with Gasteiger partial charge in [-0.2, -0.15) is 0 Å². The zero-order chi connectivity index (χ0) is 11.3. The van der Waals surface area contributed by atoms with Gasteiger partial charge in [0.1, 0.15) is 6.29 Å². The van der Waals surface area contributed by atoms with Gasteiger partial charge in [-0.25, -0.2) is 13.1 Å². The summed E-state index contributed by atoms with van der Waals surface area (Å²) in [4.78, 5) is 10.3. The first-order valence-electron chi connectivity index (χ1n) is 4.57. The summed E-state index contributed by atoms with van der Waals surface area (Å²) in [5, 5.41) is 0. The van der Waals surface area contributed by atoms with Gasteiger partial charge in [0, 0.05) is 13.0 Å². The van der Waals surface area contributed by atoms with E-state index in [0.29, 0.717) is 11.8 Å². The fraction of sp³-hybridized carbons (Fsp3) is 0.300. The number of aryl methyl sites for hydroxylation is 1. The number of hydrogen-bond acceptors (Lipinski definition) is 3. The minimum Gasteiger partial charge on any atom is -0.303 e. The second kappa shape index (κ2) is 5.04.